The fourth-order valence-corrected chi connectivity index (χ4v) is 1.53. The average Bonchev–Trinajstić information content (AvgIpc) is 2.16. The lowest BCUT2D eigenvalue weighted by Crippen LogP contribution is -1.92. The van der Waals surface area contributed by atoms with Crippen LogP contribution in [-0.4, -0.2) is 12.2 Å². The Morgan fingerprint density at radius 2 is 2.17 bits per heavy atom. The van der Waals surface area contributed by atoms with Crippen LogP contribution in [0.5, 0.6) is 5.75 Å². The third kappa shape index (κ3) is 1.99. The van der Waals surface area contributed by atoms with Crippen LogP contribution in [-0.2, 0) is 11.9 Å². The first kappa shape index (κ1) is 9.55. The van der Waals surface area contributed by atoms with Crippen LogP contribution in [0.3, 0.4) is 0 Å². The molecule has 0 aliphatic rings. The summed E-state index contributed by atoms with van der Waals surface area (Å²) in [6.45, 7) is 0.0743. The summed E-state index contributed by atoms with van der Waals surface area (Å²) in [4.78, 5) is 0. The summed E-state index contributed by atoms with van der Waals surface area (Å²) < 4.78 is 5.05. The van der Waals surface area contributed by atoms with Crippen molar-refractivity contribution in [3.63, 3.8) is 0 Å². The molecule has 0 saturated carbocycles. The number of alkyl halides is 1. The second kappa shape index (κ2) is 4.48. The summed E-state index contributed by atoms with van der Waals surface area (Å²) in [7, 11) is 1.63. The van der Waals surface area contributed by atoms with E-state index in [9.17, 15) is 0 Å². The number of rotatable bonds is 3. The van der Waals surface area contributed by atoms with Crippen molar-refractivity contribution in [3.05, 3.63) is 29.3 Å². The minimum absolute atomic E-state index is 0.0743. The molecule has 12 heavy (non-hydrogen) atoms. The monoisotopic (exact) mass is 230 g/mol. The Bertz CT molecular complexity index is 261. The van der Waals surface area contributed by atoms with Crippen LogP contribution in [0.4, 0.5) is 0 Å². The normalized spacial score (nSPS) is 9.92. The predicted molar refractivity (Wildman–Crippen MR) is 51.5 cm³/mol. The van der Waals surface area contributed by atoms with Crippen molar-refractivity contribution < 1.29 is 9.84 Å². The van der Waals surface area contributed by atoms with Gasteiger partial charge < -0.3 is 9.84 Å². The summed E-state index contributed by atoms with van der Waals surface area (Å²) in [5.41, 5.74) is 2.00. The van der Waals surface area contributed by atoms with Crippen LogP contribution in [0.25, 0.3) is 0 Å². The van der Waals surface area contributed by atoms with E-state index in [1.807, 2.05) is 18.2 Å². The minimum atomic E-state index is 0.0743. The Morgan fingerprint density at radius 1 is 1.42 bits per heavy atom. The summed E-state index contributed by atoms with van der Waals surface area (Å²) in [6, 6.07) is 5.63. The van der Waals surface area contributed by atoms with Crippen LogP contribution in [0, 0.1) is 0 Å². The highest BCUT2D eigenvalue weighted by atomic mass is 79.9. The zero-order chi connectivity index (χ0) is 8.97. The number of aliphatic hydroxyl groups excluding tert-OH is 1. The van der Waals surface area contributed by atoms with Crippen LogP contribution < -0.4 is 4.74 Å². The SMILES string of the molecule is COc1ccc(CO)c(CBr)c1. The smallest absolute Gasteiger partial charge is 0.119 e. The molecule has 0 amide bonds. The molecule has 1 N–H and O–H groups in total. The van der Waals surface area contributed by atoms with Crippen molar-refractivity contribution in [2.24, 2.45) is 0 Å². The maximum Gasteiger partial charge on any atom is 0.119 e. The fourth-order valence-electron chi connectivity index (χ4n) is 1.01. The van der Waals surface area contributed by atoms with Crippen molar-refractivity contribution in [2.75, 3.05) is 7.11 Å². The van der Waals surface area contributed by atoms with Gasteiger partial charge in [-0.3, -0.25) is 0 Å². The molecule has 0 spiro atoms. The van der Waals surface area contributed by atoms with Gasteiger partial charge in [0, 0.05) is 5.33 Å². The Balaban J connectivity index is 3.02. The summed E-state index contributed by atoms with van der Waals surface area (Å²) in [5.74, 6) is 0.821. The van der Waals surface area contributed by atoms with Gasteiger partial charge in [-0.2, -0.15) is 0 Å². The summed E-state index contributed by atoms with van der Waals surface area (Å²) >= 11 is 3.35. The molecule has 0 radical (unpaired) electrons. The van der Waals surface area contributed by atoms with Gasteiger partial charge in [-0.25, -0.2) is 0 Å². The molecular formula is C9H11BrO2. The molecule has 0 heterocycles. The van der Waals surface area contributed by atoms with Gasteiger partial charge in [0.1, 0.15) is 5.75 Å². The quantitative estimate of drug-likeness (QED) is 0.807. The zero-order valence-electron chi connectivity index (χ0n) is 6.88. The standard InChI is InChI=1S/C9H11BrO2/c1-12-9-3-2-7(6-11)8(4-9)5-10/h2-4,11H,5-6H2,1H3. The molecule has 0 aromatic heterocycles. The molecule has 2 nitrogen and oxygen atoms in total. The highest BCUT2D eigenvalue weighted by Gasteiger charge is 2.01. The van der Waals surface area contributed by atoms with E-state index < -0.39 is 0 Å². The number of hydrogen-bond donors (Lipinski definition) is 1. The number of hydrogen-bond acceptors (Lipinski definition) is 2. The highest BCUT2D eigenvalue weighted by molar-refractivity contribution is 9.08. The molecule has 1 aromatic carbocycles. The van der Waals surface area contributed by atoms with E-state index in [1.54, 1.807) is 7.11 Å². The van der Waals surface area contributed by atoms with E-state index in [1.165, 1.54) is 0 Å². The number of halogens is 1. The third-order valence-electron chi connectivity index (χ3n) is 1.73. The van der Waals surface area contributed by atoms with Crippen LogP contribution >= 0.6 is 15.9 Å². The largest absolute Gasteiger partial charge is 0.497 e. The Hall–Kier alpha value is -0.540. The highest BCUT2D eigenvalue weighted by Crippen LogP contribution is 2.19. The lowest BCUT2D eigenvalue weighted by atomic mass is 10.1. The second-order valence-electron chi connectivity index (χ2n) is 2.43. The summed E-state index contributed by atoms with van der Waals surface area (Å²) in [5, 5.41) is 9.69. The molecule has 0 aliphatic carbocycles. The maximum absolute atomic E-state index is 8.95. The van der Waals surface area contributed by atoms with Crippen molar-refractivity contribution in [1.82, 2.24) is 0 Å². The van der Waals surface area contributed by atoms with E-state index in [0.29, 0.717) is 0 Å². The van der Waals surface area contributed by atoms with Crippen molar-refractivity contribution in [3.8, 4) is 5.75 Å². The number of ether oxygens (including phenoxy) is 1. The molecule has 0 saturated heterocycles. The predicted octanol–water partition coefficient (Wildman–Crippen LogP) is 2.08. The first-order valence-electron chi connectivity index (χ1n) is 3.64. The van der Waals surface area contributed by atoms with Gasteiger partial charge in [0.15, 0.2) is 0 Å². The van der Waals surface area contributed by atoms with Gasteiger partial charge in [-0.05, 0) is 23.3 Å². The van der Waals surface area contributed by atoms with Gasteiger partial charge in [0.25, 0.3) is 0 Å². The lowest BCUT2D eigenvalue weighted by Gasteiger charge is -2.06. The Kier molecular flexibility index (Phi) is 3.56. The molecule has 66 valence electrons. The van der Waals surface area contributed by atoms with Crippen molar-refractivity contribution >= 4 is 15.9 Å². The molecule has 0 atom stereocenters. The lowest BCUT2D eigenvalue weighted by molar-refractivity contribution is 0.280. The van der Waals surface area contributed by atoms with E-state index >= 15 is 0 Å². The second-order valence-corrected chi connectivity index (χ2v) is 2.99. The summed E-state index contributed by atoms with van der Waals surface area (Å²) in [6.07, 6.45) is 0. The van der Waals surface area contributed by atoms with Crippen molar-refractivity contribution in [1.29, 1.82) is 0 Å². The van der Waals surface area contributed by atoms with Gasteiger partial charge in [-0.15, -0.1) is 0 Å². The Morgan fingerprint density at radius 3 is 2.67 bits per heavy atom. The maximum atomic E-state index is 8.95. The fraction of sp³-hybridized carbons (Fsp3) is 0.333. The molecule has 0 unspecified atom stereocenters. The zero-order valence-corrected chi connectivity index (χ0v) is 8.47. The molecular weight excluding hydrogens is 220 g/mol. The van der Waals surface area contributed by atoms with Crippen molar-refractivity contribution in [2.45, 2.75) is 11.9 Å². The van der Waals surface area contributed by atoms with Gasteiger partial charge in [-0.1, -0.05) is 22.0 Å². The van der Waals surface area contributed by atoms with Crippen LogP contribution in [0.15, 0.2) is 18.2 Å². The van der Waals surface area contributed by atoms with E-state index in [-0.39, 0.29) is 6.61 Å². The molecule has 0 bridgehead atoms. The van der Waals surface area contributed by atoms with E-state index in [2.05, 4.69) is 15.9 Å². The first-order valence-corrected chi connectivity index (χ1v) is 4.76. The van der Waals surface area contributed by atoms with Gasteiger partial charge >= 0.3 is 0 Å². The molecule has 1 aromatic rings. The van der Waals surface area contributed by atoms with Crippen LogP contribution in [0.2, 0.25) is 0 Å². The van der Waals surface area contributed by atoms with Gasteiger partial charge in [0.2, 0.25) is 0 Å². The van der Waals surface area contributed by atoms with Crippen LogP contribution in [0.1, 0.15) is 11.1 Å². The number of benzene rings is 1. The van der Waals surface area contributed by atoms with Gasteiger partial charge in [0.05, 0.1) is 13.7 Å². The Labute approximate surface area is 80.3 Å². The molecule has 0 aliphatic heterocycles. The third-order valence-corrected chi connectivity index (χ3v) is 2.33. The number of methoxy groups -OCH3 is 1. The number of aliphatic hydroxyl groups is 1. The molecule has 0 fully saturated rings. The minimum Gasteiger partial charge on any atom is -0.497 e. The van der Waals surface area contributed by atoms with E-state index in [4.69, 9.17) is 9.84 Å². The average molecular weight is 231 g/mol. The van der Waals surface area contributed by atoms with E-state index in [0.717, 1.165) is 22.2 Å². The topological polar surface area (TPSA) is 29.5 Å². The first-order chi connectivity index (χ1) is 5.81. The molecule has 1 rings (SSSR count). The molecule has 3 heteroatoms.